The van der Waals surface area contributed by atoms with E-state index in [2.05, 4.69) is 29.8 Å². The fourth-order valence-corrected chi connectivity index (χ4v) is 0.406. The molecule has 0 aliphatic rings. The minimum Gasteiger partial charge on any atom is -0.870 e. The van der Waals surface area contributed by atoms with Gasteiger partial charge in [0.25, 0.3) is 0 Å². The van der Waals surface area contributed by atoms with Gasteiger partial charge in [-0.15, -0.1) is 0 Å². The quantitative estimate of drug-likeness (QED) is 0.256. The van der Waals surface area contributed by atoms with Gasteiger partial charge >= 0.3 is 29.6 Å². The SMILES string of the molecule is NC(=S)NC(N)=S.[Na+].[OH-]. The molecule has 48 valence electrons. The fraction of sp³-hybridized carbons (Fsp3) is 0. The van der Waals surface area contributed by atoms with E-state index >= 15 is 0 Å². The number of nitrogens with two attached hydrogens (primary N) is 2. The van der Waals surface area contributed by atoms with Gasteiger partial charge in [0, 0.05) is 0 Å². The number of thiocarbonyl (C=S) groups is 2. The van der Waals surface area contributed by atoms with Crippen molar-refractivity contribution in [2.45, 2.75) is 0 Å². The van der Waals surface area contributed by atoms with Crippen LogP contribution in [0.15, 0.2) is 0 Å². The van der Waals surface area contributed by atoms with Crippen molar-refractivity contribution in [3.8, 4) is 0 Å². The Labute approximate surface area is 85.9 Å². The predicted octanol–water partition coefficient (Wildman–Crippen LogP) is -4.11. The van der Waals surface area contributed by atoms with Gasteiger partial charge in [0.2, 0.25) is 0 Å². The predicted molar refractivity (Wildman–Crippen MR) is 38.6 cm³/mol. The van der Waals surface area contributed by atoms with E-state index in [4.69, 9.17) is 11.5 Å². The molecule has 0 atom stereocenters. The van der Waals surface area contributed by atoms with E-state index in [-0.39, 0.29) is 45.3 Å². The molecule has 0 aromatic heterocycles. The molecule has 0 aliphatic heterocycles. The van der Waals surface area contributed by atoms with E-state index in [1.807, 2.05) is 0 Å². The number of hydrogen-bond donors (Lipinski definition) is 3. The third-order valence-electron chi connectivity index (χ3n) is 0.246. The molecule has 0 aromatic rings. The van der Waals surface area contributed by atoms with Crippen molar-refractivity contribution in [1.82, 2.24) is 5.32 Å². The van der Waals surface area contributed by atoms with Gasteiger partial charge in [-0.2, -0.15) is 0 Å². The van der Waals surface area contributed by atoms with Crippen molar-refractivity contribution >= 4 is 34.7 Å². The van der Waals surface area contributed by atoms with Gasteiger partial charge in [-0.05, 0) is 24.4 Å². The largest absolute Gasteiger partial charge is 1.00 e. The maximum Gasteiger partial charge on any atom is 1.00 e. The summed E-state index contributed by atoms with van der Waals surface area (Å²) < 4.78 is 0. The Hall–Kier alpha value is 0.540. The molecule has 0 rings (SSSR count). The Morgan fingerprint density at radius 1 is 1.11 bits per heavy atom. The van der Waals surface area contributed by atoms with Crippen LogP contribution in [0.3, 0.4) is 0 Å². The minimum absolute atomic E-state index is 0. The Bertz CT molecular complexity index is 96.0. The van der Waals surface area contributed by atoms with Crippen LogP contribution in [-0.4, -0.2) is 15.7 Å². The van der Waals surface area contributed by atoms with E-state index in [9.17, 15) is 0 Å². The first kappa shape index (κ1) is 16.3. The summed E-state index contributed by atoms with van der Waals surface area (Å²) in [7, 11) is 0. The zero-order valence-corrected chi connectivity index (χ0v) is 8.55. The molecule has 0 amide bonds. The standard InChI is InChI=1S/C2H5N3S2.Na.H2O/c3-1(6)5-2(4)7;;/h(H5,3,4,5,6,7);;1H2/q;+1;/p-1. The Morgan fingerprint density at radius 3 is 1.33 bits per heavy atom. The van der Waals surface area contributed by atoms with E-state index in [1.54, 1.807) is 0 Å². The van der Waals surface area contributed by atoms with E-state index < -0.39 is 0 Å². The molecule has 6 N–H and O–H groups in total. The molecule has 0 aliphatic carbocycles. The zero-order valence-electron chi connectivity index (χ0n) is 4.92. The summed E-state index contributed by atoms with van der Waals surface area (Å²) in [5.74, 6) is 0. The van der Waals surface area contributed by atoms with E-state index in [1.165, 1.54) is 0 Å². The summed E-state index contributed by atoms with van der Waals surface area (Å²) in [6.45, 7) is 0. The van der Waals surface area contributed by atoms with Gasteiger partial charge in [-0.1, -0.05) is 0 Å². The van der Waals surface area contributed by atoms with Gasteiger partial charge in [0.1, 0.15) is 0 Å². The first-order chi connectivity index (χ1) is 3.13. The molecule has 0 unspecified atom stereocenters. The molecule has 4 nitrogen and oxygen atoms in total. The van der Waals surface area contributed by atoms with Crippen LogP contribution in [0, 0.1) is 0 Å². The van der Waals surface area contributed by atoms with E-state index in [0.29, 0.717) is 0 Å². The summed E-state index contributed by atoms with van der Waals surface area (Å²) >= 11 is 8.74. The van der Waals surface area contributed by atoms with Crippen molar-refractivity contribution < 1.29 is 35.0 Å². The van der Waals surface area contributed by atoms with Crippen LogP contribution < -0.4 is 46.3 Å². The molecule has 0 spiro atoms. The molecule has 0 saturated heterocycles. The summed E-state index contributed by atoms with van der Waals surface area (Å²) in [6, 6.07) is 0. The van der Waals surface area contributed by atoms with Crippen LogP contribution in [0.1, 0.15) is 0 Å². The van der Waals surface area contributed by atoms with Crippen molar-refractivity contribution in [1.29, 1.82) is 0 Å². The Kier molecular flexibility index (Phi) is 15.4. The summed E-state index contributed by atoms with van der Waals surface area (Å²) in [5, 5.41) is 2.53. The van der Waals surface area contributed by atoms with Crippen LogP contribution in [0.5, 0.6) is 0 Å². The molecule has 0 fully saturated rings. The molecule has 0 radical (unpaired) electrons. The normalized spacial score (nSPS) is 5.78. The molecule has 7 heteroatoms. The van der Waals surface area contributed by atoms with E-state index in [0.717, 1.165) is 0 Å². The summed E-state index contributed by atoms with van der Waals surface area (Å²) in [5.41, 5.74) is 9.89. The van der Waals surface area contributed by atoms with Crippen molar-refractivity contribution in [2.24, 2.45) is 11.5 Å². The van der Waals surface area contributed by atoms with Gasteiger partial charge in [-0.3, -0.25) is 0 Å². The third kappa shape index (κ3) is 17.7. The van der Waals surface area contributed by atoms with Crippen LogP contribution in [0.2, 0.25) is 0 Å². The van der Waals surface area contributed by atoms with Crippen molar-refractivity contribution in [2.75, 3.05) is 0 Å². The van der Waals surface area contributed by atoms with Gasteiger partial charge in [0.15, 0.2) is 10.2 Å². The maximum atomic E-state index is 4.95. The van der Waals surface area contributed by atoms with Crippen LogP contribution >= 0.6 is 24.4 Å². The van der Waals surface area contributed by atoms with Crippen LogP contribution in [0.4, 0.5) is 0 Å². The monoisotopic (exact) mass is 175 g/mol. The third-order valence-corrected chi connectivity index (χ3v) is 0.451. The first-order valence-electron chi connectivity index (χ1n) is 1.49. The second-order valence-corrected chi connectivity index (χ2v) is 1.73. The maximum absolute atomic E-state index is 4.95. The molecule has 0 bridgehead atoms. The number of nitrogens with one attached hydrogen (secondary N) is 1. The van der Waals surface area contributed by atoms with Crippen molar-refractivity contribution in [3.63, 3.8) is 0 Å². The average molecular weight is 175 g/mol. The molecular weight excluding hydrogens is 169 g/mol. The number of rotatable bonds is 0. The molecule has 9 heavy (non-hydrogen) atoms. The van der Waals surface area contributed by atoms with Gasteiger partial charge in [-0.25, -0.2) is 0 Å². The second kappa shape index (κ2) is 8.54. The van der Waals surface area contributed by atoms with Crippen molar-refractivity contribution in [3.05, 3.63) is 0 Å². The molecular formula is C2H6N3NaOS2. The average Bonchev–Trinajstić information content (AvgIpc) is 1.27. The first-order valence-corrected chi connectivity index (χ1v) is 2.30. The minimum atomic E-state index is 0. The van der Waals surface area contributed by atoms with Gasteiger partial charge < -0.3 is 22.3 Å². The van der Waals surface area contributed by atoms with Crippen LogP contribution in [0.25, 0.3) is 0 Å². The summed E-state index contributed by atoms with van der Waals surface area (Å²) in [6.07, 6.45) is 0. The smallest absolute Gasteiger partial charge is 0.870 e. The van der Waals surface area contributed by atoms with Crippen LogP contribution in [-0.2, 0) is 0 Å². The number of hydrogen-bond acceptors (Lipinski definition) is 3. The topological polar surface area (TPSA) is 94.1 Å². The molecule has 0 heterocycles. The summed E-state index contributed by atoms with van der Waals surface area (Å²) in [4.78, 5) is 0. The second-order valence-electron chi connectivity index (χ2n) is 0.854. The Morgan fingerprint density at radius 2 is 1.33 bits per heavy atom. The van der Waals surface area contributed by atoms with Gasteiger partial charge in [0.05, 0.1) is 0 Å². The fourth-order valence-electron chi connectivity index (χ4n) is 0.121. The Balaban J connectivity index is -0.000000180. The molecule has 0 aromatic carbocycles. The zero-order chi connectivity index (χ0) is 5.86. The molecule has 0 saturated carbocycles.